The lowest BCUT2D eigenvalue weighted by Crippen LogP contribution is -2.40. The first kappa shape index (κ1) is 23.7. The molecular weight excluding hydrogens is 424 g/mol. The largest absolute Gasteiger partial charge is 0.348 e. The fourth-order valence-corrected chi connectivity index (χ4v) is 4.93. The van der Waals surface area contributed by atoms with Gasteiger partial charge in [-0.1, -0.05) is 24.3 Å². The number of hydrogen-bond acceptors (Lipinski definition) is 4. The van der Waals surface area contributed by atoms with Gasteiger partial charge in [-0.25, -0.2) is 17.8 Å². The lowest BCUT2D eigenvalue weighted by atomic mass is 10.1. The van der Waals surface area contributed by atoms with Crippen LogP contribution in [0.5, 0.6) is 0 Å². The average molecular weight is 455 g/mol. The molecule has 0 saturated carbocycles. The number of sulfonamides is 1. The van der Waals surface area contributed by atoms with E-state index in [0.717, 1.165) is 22.6 Å². The Bertz CT molecular complexity index is 1240. The standard InChI is InChI=1S/C24H30N4O3S/c1-16-12-13-20(32(30,31)27-24(4,5)6)14-21(16)23(29)25-15-22-17(2)26-28(18(22)3)19-10-8-7-9-11-19/h7-14,27H,15H2,1-6H3,(H,25,29). The predicted octanol–water partition coefficient (Wildman–Crippen LogP) is 3.80. The molecular formula is C24H30N4O3S. The summed E-state index contributed by atoms with van der Waals surface area (Å²) >= 11 is 0. The number of para-hydroxylation sites is 1. The molecule has 1 amide bonds. The van der Waals surface area contributed by atoms with E-state index in [1.54, 1.807) is 33.8 Å². The van der Waals surface area contributed by atoms with Crippen molar-refractivity contribution in [2.45, 2.75) is 58.5 Å². The van der Waals surface area contributed by atoms with Crippen LogP contribution >= 0.6 is 0 Å². The molecule has 32 heavy (non-hydrogen) atoms. The van der Waals surface area contributed by atoms with Crippen molar-refractivity contribution < 1.29 is 13.2 Å². The van der Waals surface area contributed by atoms with Gasteiger partial charge in [-0.3, -0.25) is 4.79 Å². The highest BCUT2D eigenvalue weighted by Crippen LogP contribution is 2.20. The molecule has 0 atom stereocenters. The lowest BCUT2D eigenvalue weighted by molar-refractivity contribution is 0.0950. The van der Waals surface area contributed by atoms with Gasteiger partial charge < -0.3 is 5.32 Å². The molecule has 0 unspecified atom stereocenters. The minimum Gasteiger partial charge on any atom is -0.348 e. The van der Waals surface area contributed by atoms with Gasteiger partial charge in [0.25, 0.3) is 5.91 Å². The molecule has 0 spiro atoms. The van der Waals surface area contributed by atoms with Crippen molar-refractivity contribution in [2.24, 2.45) is 0 Å². The summed E-state index contributed by atoms with van der Waals surface area (Å²) in [7, 11) is -3.74. The number of benzene rings is 2. The molecule has 0 aliphatic carbocycles. The molecule has 0 radical (unpaired) electrons. The third kappa shape index (κ3) is 5.26. The maximum absolute atomic E-state index is 12.9. The molecule has 0 aliphatic heterocycles. The van der Waals surface area contributed by atoms with Crippen molar-refractivity contribution >= 4 is 15.9 Å². The zero-order chi connectivity index (χ0) is 23.7. The molecule has 0 fully saturated rings. The van der Waals surface area contributed by atoms with Gasteiger partial charge in [0.05, 0.1) is 16.3 Å². The van der Waals surface area contributed by atoms with Crippen molar-refractivity contribution in [3.05, 3.63) is 76.6 Å². The van der Waals surface area contributed by atoms with Crippen LogP contribution in [0.4, 0.5) is 0 Å². The maximum Gasteiger partial charge on any atom is 0.251 e. The Morgan fingerprint density at radius 1 is 1.03 bits per heavy atom. The van der Waals surface area contributed by atoms with E-state index in [9.17, 15) is 13.2 Å². The van der Waals surface area contributed by atoms with Crippen molar-refractivity contribution in [3.63, 3.8) is 0 Å². The second-order valence-corrected chi connectivity index (χ2v) is 10.6. The highest BCUT2D eigenvalue weighted by atomic mass is 32.2. The second-order valence-electron chi connectivity index (χ2n) is 8.91. The highest BCUT2D eigenvalue weighted by molar-refractivity contribution is 7.89. The van der Waals surface area contributed by atoms with Crippen LogP contribution in [0.15, 0.2) is 53.4 Å². The van der Waals surface area contributed by atoms with E-state index in [-0.39, 0.29) is 10.8 Å². The average Bonchev–Trinajstić information content (AvgIpc) is 2.99. The van der Waals surface area contributed by atoms with Crippen LogP contribution in [0.1, 0.15) is 53.6 Å². The molecule has 7 nitrogen and oxygen atoms in total. The molecule has 170 valence electrons. The minimum absolute atomic E-state index is 0.0624. The molecule has 0 saturated heterocycles. The van der Waals surface area contributed by atoms with E-state index in [1.807, 2.05) is 48.9 Å². The number of hydrogen-bond donors (Lipinski definition) is 2. The molecule has 0 aliphatic rings. The summed E-state index contributed by atoms with van der Waals surface area (Å²) in [5.41, 5.74) is 4.05. The lowest BCUT2D eigenvalue weighted by Gasteiger charge is -2.20. The Kier molecular flexibility index (Phi) is 6.57. The summed E-state index contributed by atoms with van der Waals surface area (Å²) in [4.78, 5) is 13.0. The van der Waals surface area contributed by atoms with Crippen LogP contribution in [-0.2, 0) is 16.6 Å². The van der Waals surface area contributed by atoms with E-state index in [2.05, 4.69) is 15.1 Å². The van der Waals surface area contributed by atoms with Gasteiger partial charge in [0.15, 0.2) is 0 Å². The van der Waals surface area contributed by atoms with Crippen molar-refractivity contribution in [2.75, 3.05) is 0 Å². The van der Waals surface area contributed by atoms with Gasteiger partial charge in [0, 0.05) is 28.9 Å². The number of nitrogens with one attached hydrogen (secondary N) is 2. The maximum atomic E-state index is 12.9. The third-order valence-electron chi connectivity index (χ3n) is 5.07. The Labute approximate surface area is 189 Å². The first-order chi connectivity index (χ1) is 14.9. The first-order valence-corrected chi connectivity index (χ1v) is 11.9. The number of carbonyl (C=O) groups excluding carboxylic acids is 1. The smallest absolute Gasteiger partial charge is 0.251 e. The van der Waals surface area contributed by atoms with Gasteiger partial charge in [-0.15, -0.1) is 0 Å². The van der Waals surface area contributed by atoms with Gasteiger partial charge in [0.1, 0.15) is 0 Å². The fraction of sp³-hybridized carbons (Fsp3) is 0.333. The highest BCUT2D eigenvalue weighted by Gasteiger charge is 2.24. The second kappa shape index (κ2) is 8.88. The predicted molar refractivity (Wildman–Crippen MR) is 125 cm³/mol. The van der Waals surface area contributed by atoms with E-state index in [4.69, 9.17) is 0 Å². The molecule has 8 heteroatoms. The van der Waals surface area contributed by atoms with Gasteiger partial charge in [0.2, 0.25) is 10.0 Å². The fourth-order valence-electron chi connectivity index (χ4n) is 3.49. The van der Waals surface area contributed by atoms with E-state index in [0.29, 0.717) is 17.7 Å². The van der Waals surface area contributed by atoms with Gasteiger partial charge in [-0.05, 0) is 71.4 Å². The first-order valence-electron chi connectivity index (χ1n) is 10.4. The van der Waals surface area contributed by atoms with E-state index >= 15 is 0 Å². The van der Waals surface area contributed by atoms with Crippen molar-refractivity contribution in [1.29, 1.82) is 0 Å². The van der Waals surface area contributed by atoms with Crippen LogP contribution < -0.4 is 10.0 Å². The number of carbonyl (C=O) groups is 1. The Morgan fingerprint density at radius 3 is 2.31 bits per heavy atom. The Hall–Kier alpha value is -2.97. The zero-order valence-corrected chi connectivity index (χ0v) is 20.2. The van der Waals surface area contributed by atoms with Crippen LogP contribution in [0.25, 0.3) is 5.69 Å². The number of amides is 1. The third-order valence-corrected chi connectivity index (χ3v) is 6.83. The normalized spacial score (nSPS) is 12.1. The van der Waals surface area contributed by atoms with Crippen LogP contribution in [0.2, 0.25) is 0 Å². The summed E-state index contributed by atoms with van der Waals surface area (Å²) in [5.74, 6) is -0.332. The summed E-state index contributed by atoms with van der Waals surface area (Å²) in [6.07, 6.45) is 0. The van der Waals surface area contributed by atoms with E-state index < -0.39 is 15.6 Å². The number of nitrogens with zero attached hydrogens (tertiary/aromatic N) is 2. The summed E-state index contributed by atoms with van der Waals surface area (Å²) < 4.78 is 29.8. The van der Waals surface area contributed by atoms with Crippen LogP contribution in [-0.4, -0.2) is 29.6 Å². The monoisotopic (exact) mass is 454 g/mol. The topological polar surface area (TPSA) is 93.1 Å². The molecule has 2 aromatic carbocycles. The van der Waals surface area contributed by atoms with Crippen LogP contribution in [0, 0.1) is 20.8 Å². The Morgan fingerprint density at radius 2 is 1.69 bits per heavy atom. The Balaban J connectivity index is 1.83. The number of aromatic nitrogens is 2. The minimum atomic E-state index is -3.74. The van der Waals surface area contributed by atoms with E-state index in [1.165, 1.54) is 12.1 Å². The molecule has 3 rings (SSSR count). The quantitative estimate of drug-likeness (QED) is 0.592. The number of aryl methyl sites for hydroxylation is 2. The molecule has 1 aromatic heterocycles. The van der Waals surface area contributed by atoms with Crippen LogP contribution in [0.3, 0.4) is 0 Å². The summed E-state index contributed by atoms with van der Waals surface area (Å²) in [5, 5.41) is 7.53. The molecule has 2 N–H and O–H groups in total. The molecule has 1 heterocycles. The summed E-state index contributed by atoms with van der Waals surface area (Å²) in [6, 6.07) is 14.4. The number of rotatable bonds is 6. The SMILES string of the molecule is Cc1ccc(S(=O)(=O)NC(C)(C)C)cc1C(=O)NCc1c(C)nn(-c2ccccc2)c1C. The van der Waals surface area contributed by atoms with Crippen molar-refractivity contribution in [3.8, 4) is 5.69 Å². The van der Waals surface area contributed by atoms with Gasteiger partial charge >= 0.3 is 0 Å². The zero-order valence-electron chi connectivity index (χ0n) is 19.4. The molecule has 0 bridgehead atoms. The van der Waals surface area contributed by atoms with Gasteiger partial charge in [-0.2, -0.15) is 5.10 Å². The summed E-state index contributed by atoms with van der Waals surface area (Å²) in [6.45, 7) is 11.3. The molecule has 3 aromatic rings. The van der Waals surface area contributed by atoms with Crippen molar-refractivity contribution in [1.82, 2.24) is 19.8 Å².